The summed E-state index contributed by atoms with van der Waals surface area (Å²) in [6.07, 6.45) is 8.96. The molecule has 1 saturated carbocycles. The third-order valence-electron chi connectivity index (χ3n) is 5.82. The van der Waals surface area contributed by atoms with Crippen molar-refractivity contribution < 1.29 is 4.74 Å². The molecular formula is C23H38N4O. The predicted molar refractivity (Wildman–Crippen MR) is 117 cm³/mol. The van der Waals surface area contributed by atoms with Crippen LogP contribution >= 0.6 is 0 Å². The molecule has 1 unspecified atom stereocenters. The van der Waals surface area contributed by atoms with E-state index in [0.29, 0.717) is 12.6 Å². The standard InChI is InChI=1S/C23H38N4O/c1-2-24-23(26-21-14-16-27(18-21)22-12-6-7-13-22)25-15-8-9-17-28-19-20-10-4-3-5-11-20/h3-5,10-11,21-22H,2,6-9,12-19H2,1H3,(H2,24,25,26). The molecule has 3 rings (SSSR count). The smallest absolute Gasteiger partial charge is 0.191 e. The third-order valence-corrected chi connectivity index (χ3v) is 5.82. The molecule has 1 aromatic rings. The molecule has 1 heterocycles. The quantitative estimate of drug-likeness (QED) is 0.367. The Hall–Kier alpha value is -1.59. The summed E-state index contributed by atoms with van der Waals surface area (Å²) in [7, 11) is 0. The summed E-state index contributed by atoms with van der Waals surface area (Å²) >= 11 is 0. The average Bonchev–Trinajstić information content (AvgIpc) is 3.40. The van der Waals surface area contributed by atoms with Crippen LogP contribution < -0.4 is 10.6 Å². The maximum Gasteiger partial charge on any atom is 0.191 e. The summed E-state index contributed by atoms with van der Waals surface area (Å²) in [5, 5.41) is 7.07. The summed E-state index contributed by atoms with van der Waals surface area (Å²) in [6.45, 7) is 7.80. The highest BCUT2D eigenvalue weighted by Gasteiger charge is 2.30. The van der Waals surface area contributed by atoms with Gasteiger partial charge in [0, 0.05) is 44.9 Å². The van der Waals surface area contributed by atoms with Crippen molar-refractivity contribution in [3.63, 3.8) is 0 Å². The second kappa shape index (κ2) is 12.1. The SMILES string of the molecule is CCNC(=NCCCCOCc1ccccc1)NC1CCN(C2CCCC2)C1. The number of nitrogens with one attached hydrogen (secondary N) is 2. The van der Waals surface area contributed by atoms with Gasteiger partial charge in [0.25, 0.3) is 0 Å². The molecule has 0 bridgehead atoms. The molecule has 2 aliphatic rings. The molecule has 2 N–H and O–H groups in total. The van der Waals surface area contributed by atoms with Gasteiger partial charge < -0.3 is 15.4 Å². The minimum absolute atomic E-state index is 0.535. The van der Waals surface area contributed by atoms with Gasteiger partial charge in [-0.1, -0.05) is 43.2 Å². The second-order valence-corrected chi connectivity index (χ2v) is 8.07. The maximum absolute atomic E-state index is 5.76. The molecule has 0 amide bonds. The van der Waals surface area contributed by atoms with E-state index in [1.165, 1.54) is 50.8 Å². The number of likely N-dealkylation sites (tertiary alicyclic amines) is 1. The summed E-state index contributed by atoms with van der Waals surface area (Å²) in [4.78, 5) is 7.47. The fourth-order valence-electron chi connectivity index (χ4n) is 4.29. The first-order valence-corrected chi connectivity index (χ1v) is 11.3. The number of ether oxygens (including phenoxy) is 1. The monoisotopic (exact) mass is 386 g/mol. The van der Waals surface area contributed by atoms with Crippen molar-refractivity contribution in [2.45, 2.75) is 70.6 Å². The molecule has 28 heavy (non-hydrogen) atoms. The normalized spacial score (nSPS) is 21.3. The topological polar surface area (TPSA) is 48.9 Å². The third kappa shape index (κ3) is 7.10. The number of guanidine groups is 1. The van der Waals surface area contributed by atoms with E-state index >= 15 is 0 Å². The molecule has 0 spiro atoms. The van der Waals surface area contributed by atoms with Crippen molar-refractivity contribution in [1.82, 2.24) is 15.5 Å². The first-order valence-electron chi connectivity index (χ1n) is 11.3. The van der Waals surface area contributed by atoms with Crippen molar-refractivity contribution in [2.75, 3.05) is 32.8 Å². The highest BCUT2D eigenvalue weighted by molar-refractivity contribution is 5.80. The van der Waals surface area contributed by atoms with Crippen LogP contribution in [-0.2, 0) is 11.3 Å². The van der Waals surface area contributed by atoms with Crippen LogP contribution in [-0.4, -0.2) is 55.7 Å². The van der Waals surface area contributed by atoms with Crippen molar-refractivity contribution >= 4 is 5.96 Å². The van der Waals surface area contributed by atoms with Gasteiger partial charge in [0.1, 0.15) is 0 Å². The van der Waals surface area contributed by atoms with Crippen LogP contribution in [0.25, 0.3) is 0 Å². The predicted octanol–water partition coefficient (Wildman–Crippen LogP) is 3.56. The van der Waals surface area contributed by atoms with Gasteiger partial charge in [0.15, 0.2) is 5.96 Å². The number of hydrogen-bond acceptors (Lipinski definition) is 3. The fraction of sp³-hybridized carbons (Fsp3) is 0.696. The lowest BCUT2D eigenvalue weighted by Crippen LogP contribution is -2.45. The van der Waals surface area contributed by atoms with E-state index in [-0.39, 0.29) is 0 Å². The van der Waals surface area contributed by atoms with Crippen molar-refractivity contribution in [1.29, 1.82) is 0 Å². The Morgan fingerprint density at radius 2 is 1.96 bits per heavy atom. The zero-order valence-electron chi connectivity index (χ0n) is 17.5. The van der Waals surface area contributed by atoms with Crippen molar-refractivity contribution in [2.24, 2.45) is 4.99 Å². The van der Waals surface area contributed by atoms with Gasteiger partial charge in [0.2, 0.25) is 0 Å². The summed E-state index contributed by atoms with van der Waals surface area (Å²) in [6, 6.07) is 11.7. The van der Waals surface area contributed by atoms with Gasteiger partial charge >= 0.3 is 0 Å². The summed E-state index contributed by atoms with van der Waals surface area (Å²) < 4.78 is 5.76. The van der Waals surface area contributed by atoms with E-state index in [2.05, 4.69) is 46.7 Å². The average molecular weight is 387 g/mol. The zero-order chi connectivity index (χ0) is 19.4. The molecule has 1 saturated heterocycles. The number of rotatable bonds is 10. The lowest BCUT2D eigenvalue weighted by Gasteiger charge is -2.24. The maximum atomic E-state index is 5.76. The molecule has 156 valence electrons. The van der Waals surface area contributed by atoms with Crippen LogP contribution in [0.1, 0.15) is 57.4 Å². The number of nitrogens with zero attached hydrogens (tertiary/aromatic N) is 2. The van der Waals surface area contributed by atoms with Crippen LogP contribution in [0.2, 0.25) is 0 Å². The van der Waals surface area contributed by atoms with Gasteiger partial charge in [-0.15, -0.1) is 0 Å². The van der Waals surface area contributed by atoms with E-state index in [1.54, 1.807) is 0 Å². The Morgan fingerprint density at radius 1 is 1.14 bits per heavy atom. The lowest BCUT2D eigenvalue weighted by molar-refractivity contribution is 0.117. The largest absolute Gasteiger partial charge is 0.377 e. The Kier molecular flexibility index (Phi) is 9.11. The molecule has 1 atom stereocenters. The number of aliphatic imine (C=N–C) groups is 1. The van der Waals surface area contributed by atoms with Gasteiger partial charge in [0.05, 0.1) is 6.61 Å². The Bertz CT molecular complexity index is 571. The molecule has 0 radical (unpaired) electrons. The lowest BCUT2D eigenvalue weighted by atomic mass is 10.2. The number of hydrogen-bond donors (Lipinski definition) is 2. The molecule has 0 aromatic heterocycles. The van der Waals surface area contributed by atoms with E-state index in [0.717, 1.165) is 44.5 Å². The minimum Gasteiger partial charge on any atom is -0.377 e. The van der Waals surface area contributed by atoms with E-state index in [4.69, 9.17) is 9.73 Å². The number of unbranched alkanes of at least 4 members (excludes halogenated alkanes) is 1. The molecule has 2 fully saturated rings. The highest BCUT2D eigenvalue weighted by Crippen LogP contribution is 2.26. The van der Waals surface area contributed by atoms with Crippen LogP contribution in [0.5, 0.6) is 0 Å². The minimum atomic E-state index is 0.535. The Morgan fingerprint density at radius 3 is 2.75 bits per heavy atom. The number of benzene rings is 1. The molecule has 5 heteroatoms. The second-order valence-electron chi connectivity index (χ2n) is 8.07. The molecule has 1 aliphatic carbocycles. The molecule has 5 nitrogen and oxygen atoms in total. The van der Waals surface area contributed by atoms with Gasteiger partial charge in [-0.25, -0.2) is 0 Å². The Balaban J connectivity index is 1.30. The van der Waals surface area contributed by atoms with Crippen molar-refractivity contribution in [3.8, 4) is 0 Å². The molecule has 1 aliphatic heterocycles. The van der Waals surface area contributed by atoms with Crippen LogP contribution in [0.15, 0.2) is 35.3 Å². The Labute approximate surface area is 170 Å². The fourth-order valence-corrected chi connectivity index (χ4v) is 4.29. The molecule has 1 aromatic carbocycles. The van der Waals surface area contributed by atoms with Crippen LogP contribution in [0.3, 0.4) is 0 Å². The van der Waals surface area contributed by atoms with E-state index in [1.807, 2.05) is 6.07 Å². The van der Waals surface area contributed by atoms with Gasteiger partial charge in [-0.2, -0.15) is 0 Å². The zero-order valence-corrected chi connectivity index (χ0v) is 17.5. The first kappa shape index (κ1) is 21.1. The highest BCUT2D eigenvalue weighted by atomic mass is 16.5. The van der Waals surface area contributed by atoms with Gasteiger partial charge in [-0.3, -0.25) is 9.89 Å². The van der Waals surface area contributed by atoms with Gasteiger partial charge in [-0.05, 0) is 44.6 Å². The van der Waals surface area contributed by atoms with Crippen LogP contribution in [0, 0.1) is 0 Å². The van der Waals surface area contributed by atoms with E-state index < -0.39 is 0 Å². The van der Waals surface area contributed by atoms with Crippen LogP contribution in [0.4, 0.5) is 0 Å². The summed E-state index contributed by atoms with van der Waals surface area (Å²) in [5.41, 5.74) is 1.24. The van der Waals surface area contributed by atoms with E-state index in [9.17, 15) is 0 Å². The molecular weight excluding hydrogens is 348 g/mol. The van der Waals surface area contributed by atoms with Crippen molar-refractivity contribution in [3.05, 3.63) is 35.9 Å². The summed E-state index contributed by atoms with van der Waals surface area (Å²) in [5.74, 6) is 0.978. The first-order chi connectivity index (χ1) is 13.8.